The Balaban J connectivity index is 1.31. The van der Waals surface area contributed by atoms with E-state index in [-0.39, 0.29) is 23.2 Å². The minimum absolute atomic E-state index is 0.166. The van der Waals surface area contributed by atoms with E-state index in [0.29, 0.717) is 54.2 Å². The van der Waals surface area contributed by atoms with Crippen LogP contribution in [0.1, 0.15) is 23.5 Å². The summed E-state index contributed by atoms with van der Waals surface area (Å²) < 4.78 is 77.9. The summed E-state index contributed by atoms with van der Waals surface area (Å²) in [5.41, 5.74) is -0.118. The van der Waals surface area contributed by atoms with Crippen molar-refractivity contribution in [2.75, 3.05) is 0 Å². The molecule has 0 radical (unpaired) electrons. The third-order valence-corrected chi connectivity index (χ3v) is 8.18. The normalized spacial score (nSPS) is 16.2. The van der Waals surface area contributed by atoms with Gasteiger partial charge < -0.3 is 0 Å². The molecule has 0 heterocycles. The average Bonchev–Trinajstić information content (AvgIpc) is 3.40. The van der Waals surface area contributed by atoms with E-state index < -0.39 is 23.5 Å². The van der Waals surface area contributed by atoms with Crippen molar-refractivity contribution < 1.29 is 26.3 Å². The zero-order valence-corrected chi connectivity index (χ0v) is 21.5. The number of rotatable bonds is 2. The van der Waals surface area contributed by atoms with E-state index in [0.717, 1.165) is 29.8 Å². The van der Waals surface area contributed by atoms with Gasteiger partial charge in [0, 0.05) is 27.5 Å². The SMILES string of the molecule is O=c1c2cc(-c3ccc(C(F)(F)F)cc3)ccc2c2cc3c(cc12)c(=O)c1cc(C2C=CC(C(F)(F)F)=CC2)ccc13. The molecule has 6 aromatic carbocycles. The summed E-state index contributed by atoms with van der Waals surface area (Å²) >= 11 is 0. The molecule has 0 N–H and O–H groups in total. The van der Waals surface area contributed by atoms with Crippen molar-refractivity contribution >= 4 is 43.1 Å². The van der Waals surface area contributed by atoms with Crippen LogP contribution in [-0.4, -0.2) is 6.18 Å². The van der Waals surface area contributed by atoms with Crippen LogP contribution in [0.5, 0.6) is 0 Å². The van der Waals surface area contributed by atoms with E-state index in [1.165, 1.54) is 18.2 Å². The summed E-state index contributed by atoms with van der Waals surface area (Å²) in [5.74, 6) is -0.296. The van der Waals surface area contributed by atoms with Crippen molar-refractivity contribution in [2.45, 2.75) is 24.7 Å². The molecule has 1 aliphatic rings. The van der Waals surface area contributed by atoms with Crippen molar-refractivity contribution in [3.63, 3.8) is 0 Å². The molecule has 1 unspecified atom stereocenters. The third kappa shape index (κ3) is 4.04. The number of alkyl halides is 6. The van der Waals surface area contributed by atoms with E-state index in [4.69, 9.17) is 0 Å². The van der Waals surface area contributed by atoms with E-state index in [1.807, 2.05) is 12.1 Å². The van der Waals surface area contributed by atoms with E-state index >= 15 is 0 Å². The predicted molar refractivity (Wildman–Crippen MR) is 152 cm³/mol. The summed E-state index contributed by atoms with van der Waals surface area (Å²) in [6.07, 6.45) is -4.96. The van der Waals surface area contributed by atoms with Crippen LogP contribution in [0.2, 0.25) is 0 Å². The first-order chi connectivity index (χ1) is 19.9. The molecule has 42 heavy (non-hydrogen) atoms. The molecule has 0 aromatic heterocycles. The molecule has 0 aliphatic heterocycles. The highest BCUT2D eigenvalue weighted by molar-refractivity contribution is 6.21. The molecular weight excluding hydrogens is 554 g/mol. The Morgan fingerprint density at radius 2 is 1.10 bits per heavy atom. The second-order valence-corrected chi connectivity index (χ2v) is 10.6. The Morgan fingerprint density at radius 1 is 0.548 bits per heavy atom. The molecule has 0 amide bonds. The first kappa shape index (κ1) is 26.2. The van der Waals surface area contributed by atoms with Gasteiger partial charge in [0.05, 0.1) is 11.1 Å². The Labute approximate surface area is 233 Å². The maximum absolute atomic E-state index is 13.5. The molecule has 6 aromatic rings. The Hall–Kier alpha value is -4.72. The highest BCUT2D eigenvalue weighted by Crippen LogP contribution is 2.38. The first-order valence-corrected chi connectivity index (χ1v) is 13.1. The molecule has 7 rings (SSSR count). The van der Waals surface area contributed by atoms with E-state index in [9.17, 15) is 35.9 Å². The number of hydrogen-bond donors (Lipinski definition) is 0. The molecule has 2 nitrogen and oxygen atoms in total. The summed E-state index contributed by atoms with van der Waals surface area (Å²) in [6.45, 7) is 0. The second-order valence-electron chi connectivity index (χ2n) is 10.6. The smallest absolute Gasteiger partial charge is 0.289 e. The third-order valence-electron chi connectivity index (χ3n) is 8.18. The number of hydrogen-bond acceptors (Lipinski definition) is 2. The molecule has 208 valence electrons. The minimum Gasteiger partial charge on any atom is -0.289 e. The van der Waals surface area contributed by atoms with Crippen molar-refractivity contribution in [3.8, 4) is 11.1 Å². The van der Waals surface area contributed by atoms with Gasteiger partial charge in [0.2, 0.25) is 0 Å². The molecule has 8 heteroatoms. The zero-order chi connectivity index (χ0) is 29.6. The standard InChI is InChI=1S/C34H18F6O2/c35-33(36,37)21-7-1-17(2-8-21)19-5-11-23-25-15-26-24-12-6-20(18-3-9-22(10-4-18)34(38,39)40)14-28(24)32(42)30(26)16-29(25)31(41)27(23)13-19/h1-3,5-16,18H,4H2. The summed E-state index contributed by atoms with van der Waals surface area (Å²) in [7, 11) is 0. The number of halogens is 6. The fourth-order valence-corrected chi connectivity index (χ4v) is 6.00. The number of allylic oxidation sites excluding steroid dienone is 4. The highest BCUT2D eigenvalue weighted by Gasteiger charge is 2.33. The summed E-state index contributed by atoms with van der Waals surface area (Å²) in [5, 5.41) is 4.29. The van der Waals surface area contributed by atoms with Gasteiger partial charge in [-0.2, -0.15) is 26.3 Å². The lowest BCUT2D eigenvalue weighted by atomic mass is 9.89. The molecule has 0 spiro atoms. The fraction of sp³-hybridized carbons (Fsp3) is 0.118. The molecule has 1 aliphatic carbocycles. The van der Waals surface area contributed by atoms with Gasteiger partial charge in [0.1, 0.15) is 0 Å². The lowest BCUT2D eigenvalue weighted by Gasteiger charge is -2.18. The van der Waals surface area contributed by atoms with Crippen molar-refractivity contribution in [1.29, 1.82) is 0 Å². The van der Waals surface area contributed by atoms with Gasteiger partial charge in [-0.05, 0) is 81.1 Å². The van der Waals surface area contributed by atoms with Gasteiger partial charge >= 0.3 is 12.4 Å². The van der Waals surface area contributed by atoms with Crippen molar-refractivity contribution in [3.05, 3.63) is 128 Å². The monoisotopic (exact) mass is 572 g/mol. The molecular formula is C34H18F6O2. The number of benzene rings is 4. The molecule has 0 fully saturated rings. The van der Waals surface area contributed by atoms with Gasteiger partial charge in [-0.25, -0.2) is 0 Å². The van der Waals surface area contributed by atoms with Gasteiger partial charge in [-0.15, -0.1) is 0 Å². The van der Waals surface area contributed by atoms with Gasteiger partial charge in [0.15, 0.2) is 10.9 Å². The summed E-state index contributed by atoms with van der Waals surface area (Å²) in [6, 6.07) is 18.6. The van der Waals surface area contributed by atoms with E-state index in [1.54, 1.807) is 36.4 Å². The van der Waals surface area contributed by atoms with Crippen LogP contribution in [0.3, 0.4) is 0 Å². The van der Waals surface area contributed by atoms with Crippen molar-refractivity contribution in [2.24, 2.45) is 0 Å². The Morgan fingerprint density at radius 3 is 1.67 bits per heavy atom. The highest BCUT2D eigenvalue weighted by atomic mass is 19.4. The number of fused-ring (bicyclic) bond motifs is 6. The second kappa shape index (κ2) is 8.89. The summed E-state index contributed by atoms with van der Waals surface area (Å²) in [4.78, 5) is 26.9. The lowest BCUT2D eigenvalue weighted by Crippen LogP contribution is -2.13. The lowest BCUT2D eigenvalue weighted by molar-refractivity contribution is -0.137. The van der Waals surface area contributed by atoms with E-state index in [2.05, 4.69) is 0 Å². The minimum atomic E-state index is -4.45. The Bertz CT molecular complexity index is 2230. The fourth-order valence-electron chi connectivity index (χ4n) is 6.00. The van der Waals surface area contributed by atoms with Crippen LogP contribution in [0, 0.1) is 0 Å². The molecule has 0 bridgehead atoms. The van der Waals surface area contributed by atoms with Crippen LogP contribution in [-0.2, 0) is 6.18 Å². The maximum atomic E-state index is 13.5. The van der Waals surface area contributed by atoms with Crippen LogP contribution < -0.4 is 10.9 Å². The van der Waals surface area contributed by atoms with Crippen LogP contribution in [0.25, 0.3) is 54.2 Å². The first-order valence-electron chi connectivity index (χ1n) is 13.1. The molecule has 1 atom stereocenters. The topological polar surface area (TPSA) is 34.1 Å². The largest absolute Gasteiger partial charge is 0.416 e. The van der Waals surface area contributed by atoms with Gasteiger partial charge in [-0.1, -0.05) is 54.6 Å². The zero-order valence-electron chi connectivity index (χ0n) is 21.5. The maximum Gasteiger partial charge on any atom is 0.416 e. The average molecular weight is 573 g/mol. The van der Waals surface area contributed by atoms with Crippen LogP contribution in [0.15, 0.2) is 106 Å². The van der Waals surface area contributed by atoms with Crippen LogP contribution in [0.4, 0.5) is 26.3 Å². The molecule has 0 saturated carbocycles. The predicted octanol–water partition coefficient (Wildman–Crippen LogP) is 9.11. The van der Waals surface area contributed by atoms with Gasteiger partial charge in [0.25, 0.3) is 0 Å². The molecule has 0 saturated heterocycles. The Kier molecular flexibility index (Phi) is 5.54. The van der Waals surface area contributed by atoms with Gasteiger partial charge in [-0.3, -0.25) is 9.59 Å². The quantitative estimate of drug-likeness (QED) is 0.194. The van der Waals surface area contributed by atoms with Crippen molar-refractivity contribution in [1.82, 2.24) is 0 Å². The van der Waals surface area contributed by atoms with Crippen LogP contribution >= 0.6 is 0 Å².